The average molecular weight is 296 g/mol. The number of benzene rings is 1. The first-order valence-corrected chi connectivity index (χ1v) is 7.19. The van der Waals surface area contributed by atoms with Crippen LogP contribution >= 0.6 is 0 Å². The molecule has 0 fully saturated rings. The van der Waals surface area contributed by atoms with Crippen LogP contribution in [0.4, 0.5) is 4.39 Å². The van der Waals surface area contributed by atoms with E-state index in [1.165, 1.54) is 12.1 Å². The zero-order valence-corrected chi connectivity index (χ0v) is 13.3. The van der Waals surface area contributed by atoms with Crippen LogP contribution in [0.15, 0.2) is 24.3 Å². The molecule has 0 saturated carbocycles. The summed E-state index contributed by atoms with van der Waals surface area (Å²) in [6.45, 7) is 5.36. The maximum absolute atomic E-state index is 13.3. The molecule has 0 bridgehead atoms. The second-order valence-electron chi connectivity index (χ2n) is 5.59. The Morgan fingerprint density at radius 3 is 2.71 bits per heavy atom. The van der Waals surface area contributed by atoms with Gasteiger partial charge in [0.2, 0.25) is 0 Å². The van der Waals surface area contributed by atoms with Crippen LogP contribution in [0.25, 0.3) is 0 Å². The van der Waals surface area contributed by atoms with Crippen LogP contribution in [0.1, 0.15) is 19.4 Å². The van der Waals surface area contributed by atoms with E-state index in [4.69, 9.17) is 4.74 Å². The van der Waals surface area contributed by atoms with Crippen LogP contribution in [0.3, 0.4) is 0 Å². The minimum absolute atomic E-state index is 0.299. The maximum atomic E-state index is 13.3. The number of rotatable bonds is 8. The van der Waals surface area contributed by atoms with Crippen molar-refractivity contribution in [3.63, 3.8) is 0 Å². The molecule has 21 heavy (non-hydrogen) atoms. The third-order valence-corrected chi connectivity index (χ3v) is 3.25. The smallest absolute Gasteiger partial charge is 0.326 e. The first-order chi connectivity index (χ1) is 9.87. The van der Waals surface area contributed by atoms with Gasteiger partial charge in [0.1, 0.15) is 11.4 Å². The Bertz CT molecular complexity index is 465. The summed E-state index contributed by atoms with van der Waals surface area (Å²) in [5.74, 6) is -0.611. The first-order valence-electron chi connectivity index (χ1n) is 7.19. The number of nitrogens with zero attached hydrogens (tertiary/aromatic N) is 1. The van der Waals surface area contributed by atoms with Crippen LogP contribution in [-0.2, 0) is 16.0 Å². The minimum atomic E-state index is -0.861. The lowest BCUT2D eigenvalue weighted by molar-refractivity contribution is -0.150. The van der Waals surface area contributed by atoms with Gasteiger partial charge in [-0.15, -0.1) is 0 Å². The number of carbonyl (C=O) groups is 1. The van der Waals surface area contributed by atoms with Crippen molar-refractivity contribution in [1.29, 1.82) is 0 Å². The normalized spacial score (nSPS) is 14.0. The monoisotopic (exact) mass is 296 g/mol. The van der Waals surface area contributed by atoms with Crippen molar-refractivity contribution in [2.45, 2.75) is 25.8 Å². The van der Waals surface area contributed by atoms with Crippen molar-refractivity contribution < 1.29 is 13.9 Å². The first kappa shape index (κ1) is 17.6. The van der Waals surface area contributed by atoms with E-state index in [9.17, 15) is 9.18 Å². The molecule has 1 rings (SSSR count). The van der Waals surface area contributed by atoms with Gasteiger partial charge in [-0.2, -0.15) is 0 Å². The van der Waals surface area contributed by atoms with Gasteiger partial charge in [0.25, 0.3) is 0 Å². The molecule has 1 unspecified atom stereocenters. The van der Waals surface area contributed by atoms with E-state index in [0.717, 1.165) is 12.1 Å². The summed E-state index contributed by atoms with van der Waals surface area (Å²) < 4.78 is 18.5. The molecule has 0 heterocycles. The summed E-state index contributed by atoms with van der Waals surface area (Å²) in [5, 5.41) is 3.24. The van der Waals surface area contributed by atoms with E-state index in [1.807, 2.05) is 25.1 Å². The highest BCUT2D eigenvalue weighted by Gasteiger charge is 2.34. The molecule has 1 atom stereocenters. The van der Waals surface area contributed by atoms with Crippen LogP contribution in [0.2, 0.25) is 0 Å². The Labute approximate surface area is 126 Å². The molecule has 118 valence electrons. The Morgan fingerprint density at radius 1 is 1.43 bits per heavy atom. The third kappa shape index (κ3) is 5.81. The van der Waals surface area contributed by atoms with Gasteiger partial charge >= 0.3 is 5.97 Å². The summed E-state index contributed by atoms with van der Waals surface area (Å²) >= 11 is 0. The zero-order valence-electron chi connectivity index (χ0n) is 13.3. The Balaban J connectivity index is 2.82. The minimum Gasteiger partial charge on any atom is -0.465 e. The van der Waals surface area contributed by atoms with Gasteiger partial charge in [-0.3, -0.25) is 4.79 Å². The number of nitrogens with one attached hydrogen (secondary N) is 1. The van der Waals surface area contributed by atoms with Crippen LogP contribution in [-0.4, -0.2) is 50.2 Å². The fourth-order valence-electron chi connectivity index (χ4n) is 2.11. The molecule has 1 aromatic rings. The predicted octanol–water partition coefficient (Wildman–Crippen LogP) is 1.84. The topological polar surface area (TPSA) is 41.6 Å². The molecule has 0 spiro atoms. The van der Waals surface area contributed by atoms with Crippen molar-refractivity contribution in [1.82, 2.24) is 10.2 Å². The highest BCUT2D eigenvalue weighted by atomic mass is 19.1. The van der Waals surface area contributed by atoms with Gasteiger partial charge in [-0.1, -0.05) is 12.1 Å². The largest absolute Gasteiger partial charge is 0.465 e. The Morgan fingerprint density at radius 2 is 2.14 bits per heavy atom. The number of likely N-dealkylation sites (N-methyl/N-ethyl adjacent to an activating group) is 1. The summed E-state index contributed by atoms with van der Waals surface area (Å²) in [7, 11) is 3.94. The molecule has 0 amide bonds. The number of hydrogen-bond donors (Lipinski definition) is 1. The zero-order chi connectivity index (χ0) is 15.9. The van der Waals surface area contributed by atoms with Crippen LogP contribution in [0.5, 0.6) is 0 Å². The number of halogens is 1. The highest BCUT2D eigenvalue weighted by Crippen LogP contribution is 2.16. The molecule has 0 aliphatic carbocycles. The summed E-state index contributed by atoms with van der Waals surface area (Å²) in [6.07, 6.45) is 0.386. The van der Waals surface area contributed by atoms with E-state index in [1.54, 1.807) is 19.9 Å². The average Bonchev–Trinajstić information content (AvgIpc) is 2.38. The molecule has 0 radical (unpaired) electrons. The van der Waals surface area contributed by atoms with Crippen molar-refractivity contribution in [3.05, 3.63) is 35.6 Å². The number of hydrogen-bond acceptors (Lipinski definition) is 4. The lowest BCUT2D eigenvalue weighted by atomic mass is 9.92. The van der Waals surface area contributed by atoms with Crippen molar-refractivity contribution >= 4 is 5.97 Å². The summed E-state index contributed by atoms with van der Waals surface area (Å²) in [6, 6.07) is 6.31. The summed E-state index contributed by atoms with van der Waals surface area (Å²) in [5.41, 5.74) is -0.0947. The molecule has 4 nitrogen and oxygen atoms in total. The van der Waals surface area contributed by atoms with Gasteiger partial charge in [-0.25, -0.2) is 4.39 Å². The number of ether oxygens (including phenoxy) is 1. The molecular weight excluding hydrogens is 271 g/mol. The molecule has 0 aliphatic heterocycles. The third-order valence-electron chi connectivity index (χ3n) is 3.25. The predicted molar refractivity (Wildman–Crippen MR) is 81.7 cm³/mol. The molecule has 1 N–H and O–H groups in total. The van der Waals surface area contributed by atoms with Crippen molar-refractivity contribution in [3.8, 4) is 0 Å². The van der Waals surface area contributed by atoms with E-state index < -0.39 is 5.54 Å². The van der Waals surface area contributed by atoms with Crippen molar-refractivity contribution in [2.75, 3.05) is 33.8 Å². The molecule has 1 aromatic carbocycles. The van der Waals surface area contributed by atoms with Gasteiger partial charge in [0.05, 0.1) is 6.61 Å². The highest BCUT2D eigenvalue weighted by molar-refractivity contribution is 5.80. The molecule has 0 saturated heterocycles. The Kier molecular flexibility index (Phi) is 6.78. The van der Waals surface area contributed by atoms with Crippen molar-refractivity contribution in [2.24, 2.45) is 0 Å². The molecule has 0 aliphatic rings. The number of esters is 1. The van der Waals surface area contributed by atoms with Gasteiger partial charge in [0, 0.05) is 19.5 Å². The summed E-state index contributed by atoms with van der Waals surface area (Å²) in [4.78, 5) is 14.3. The van der Waals surface area contributed by atoms with E-state index in [0.29, 0.717) is 19.6 Å². The second kappa shape index (κ2) is 8.10. The van der Waals surface area contributed by atoms with Gasteiger partial charge in [0.15, 0.2) is 0 Å². The van der Waals surface area contributed by atoms with Gasteiger partial charge < -0.3 is 15.0 Å². The van der Waals surface area contributed by atoms with E-state index >= 15 is 0 Å². The van der Waals surface area contributed by atoms with Crippen LogP contribution in [0, 0.1) is 5.82 Å². The molecular formula is C16H25FN2O2. The molecule has 0 aromatic heterocycles. The standard InChI is InChI=1S/C16H25FN2O2/c1-5-21-15(20)16(2,18-9-10-19(3)4)12-13-7-6-8-14(17)11-13/h6-8,11,18H,5,9-10,12H2,1-4H3. The lowest BCUT2D eigenvalue weighted by Gasteiger charge is -2.29. The van der Waals surface area contributed by atoms with E-state index in [2.05, 4.69) is 5.32 Å². The maximum Gasteiger partial charge on any atom is 0.326 e. The SMILES string of the molecule is CCOC(=O)C(C)(Cc1cccc(F)c1)NCCN(C)C. The van der Waals surface area contributed by atoms with E-state index in [-0.39, 0.29) is 11.8 Å². The Hall–Kier alpha value is -1.46. The van der Waals surface area contributed by atoms with Gasteiger partial charge in [-0.05, 0) is 45.6 Å². The molecule has 5 heteroatoms. The van der Waals surface area contributed by atoms with Crippen LogP contribution < -0.4 is 5.32 Å². The fourth-order valence-corrected chi connectivity index (χ4v) is 2.11. The quantitative estimate of drug-likeness (QED) is 0.743. The number of carbonyl (C=O) groups excluding carboxylic acids is 1. The lowest BCUT2D eigenvalue weighted by Crippen LogP contribution is -2.53. The fraction of sp³-hybridized carbons (Fsp3) is 0.562. The second-order valence-corrected chi connectivity index (χ2v) is 5.59.